The van der Waals surface area contributed by atoms with Crippen LogP contribution in [-0.2, 0) is 0 Å². The van der Waals surface area contributed by atoms with Gasteiger partial charge >= 0.3 is 0 Å². The number of fused-ring (bicyclic) bond motifs is 4. The molecule has 4 heterocycles. The molecule has 0 spiro atoms. The molecule has 5 rings (SSSR count). The molecule has 2 atom stereocenters. The van der Waals surface area contributed by atoms with E-state index in [2.05, 4.69) is 9.80 Å². The molecule has 3 fully saturated rings. The van der Waals surface area contributed by atoms with Crippen molar-refractivity contribution in [3.8, 4) is 0 Å². The van der Waals surface area contributed by atoms with Crippen LogP contribution in [0.4, 0.5) is 4.39 Å². The average Bonchev–Trinajstić information content (AvgIpc) is 2.90. The maximum Gasteiger partial charge on any atom is 0.135 e. The summed E-state index contributed by atoms with van der Waals surface area (Å²) in [4.78, 5) is 4.69. The monoisotopic (exact) mass is 276 g/mol. The molecule has 1 N–H and O–H groups in total. The Morgan fingerprint density at radius 1 is 1.20 bits per heavy atom. The molecule has 0 saturated carbocycles. The molecule has 4 nitrogen and oxygen atoms in total. The largest absolute Gasteiger partial charge is 0.458 e. The standard InChI is InChI=1S/C15H17FN2O2/c16-11-1-2-13-10(7-11)8-14(20-13)15(19)12-9-17-3-5-18(12)6-4-17/h1-2,7-8,12,15,19H,3-6,9H2. The number of piperazine rings is 3. The van der Waals surface area contributed by atoms with Crippen LogP contribution in [-0.4, -0.2) is 53.7 Å². The summed E-state index contributed by atoms with van der Waals surface area (Å²) in [5.74, 6) is 0.246. The predicted molar refractivity (Wildman–Crippen MR) is 72.9 cm³/mol. The highest BCUT2D eigenvalue weighted by atomic mass is 19.1. The maximum absolute atomic E-state index is 13.2. The Labute approximate surface area is 116 Å². The predicted octanol–water partition coefficient (Wildman–Crippen LogP) is 1.61. The minimum atomic E-state index is -0.659. The third-order valence-electron chi connectivity index (χ3n) is 4.47. The number of hydrogen-bond acceptors (Lipinski definition) is 4. The zero-order chi connectivity index (χ0) is 13.7. The van der Waals surface area contributed by atoms with Gasteiger partial charge < -0.3 is 9.52 Å². The number of benzene rings is 1. The molecule has 3 aliphatic rings. The highest BCUT2D eigenvalue weighted by Gasteiger charge is 2.37. The van der Waals surface area contributed by atoms with E-state index < -0.39 is 6.10 Å². The van der Waals surface area contributed by atoms with Crippen LogP contribution in [0.5, 0.6) is 0 Å². The number of halogens is 1. The Bertz CT molecular complexity index is 634. The number of hydrogen-bond donors (Lipinski definition) is 1. The van der Waals surface area contributed by atoms with Gasteiger partial charge in [-0.2, -0.15) is 0 Å². The van der Waals surface area contributed by atoms with Crippen molar-refractivity contribution in [1.82, 2.24) is 9.80 Å². The maximum atomic E-state index is 13.2. The van der Waals surface area contributed by atoms with Gasteiger partial charge in [0, 0.05) is 38.1 Å². The van der Waals surface area contributed by atoms with E-state index >= 15 is 0 Å². The van der Waals surface area contributed by atoms with E-state index in [-0.39, 0.29) is 11.9 Å². The van der Waals surface area contributed by atoms with Gasteiger partial charge in [0.25, 0.3) is 0 Å². The van der Waals surface area contributed by atoms with E-state index in [4.69, 9.17) is 4.42 Å². The molecule has 0 amide bonds. The van der Waals surface area contributed by atoms with E-state index in [0.717, 1.165) is 32.7 Å². The van der Waals surface area contributed by atoms with Crippen LogP contribution in [0.2, 0.25) is 0 Å². The lowest BCUT2D eigenvalue weighted by Gasteiger charge is -2.48. The van der Waals surface area contributed by atoms with Crippen molar-refractivity contribution < 1.29 is 13.9 Å². The van der Waals surface area contributed by atoms with Gasteiger partial charge in [0.05, 0.1) is 6.04 Å². The summed E-state index contributed by atoms with van der Waals surface area (Å²) in [5, 5.41) is 11.3. The fourth-order valence-electron chi connectivity index (χ4n) is 3.33. The summed E-state index contributed by atoms with van der Waals surface area (Å²) in [7, 11) is 0. The van der Waals surface area contributed by atoms with Crippen LogP contribution in [0.15, 0.2) is 28.7 Å². The minimum absolute atomic E-state index is 0.0721. The average molecular weight is 276 g/mol. The summed E-state index contributed by atoms with van der Waals surface area (Å²) in [6, 6.07) is 6.24. The van der Waals surface area contributed by atoms with Gasteiger partial charge in [-0.15, -0.1) is 0 Å². The zero-order valence-corrected chi connectivity index (χ0v) is 11.1. The van der Waals surface area contributed by atoms with Gasteiger partial charge in [0.1, 0.15) is 23.3 Å². The third kappa shape index (κ3) is 1.93. The molecule has 0 aliphatic carbocycles. The highest BCUT2D eigenvalue weighted by molar-refractivity contribution is 5.78. The molecule has 106 valence electrons. The number of rotatable bonds is 2. The smallest absolute Gasteiger partial charge is 0.135 e. The Morgan fingerprint density at radius 2 is 2.00 bits per heavy atom. The van der Waals surface area contributed by atoms with Crippen molar-refractivity contribution in [1.29, 1.82) is 0 Å². The first kappa shape index (κ1) is 12.3. The number of aliphatic hydroxyl groups excluding tert-OH is 1. The topological polar surface area (TPSA) is 39.9 Å². The summed E-state index contributed by atoms with van der Waals surface area (Å²) >= 11 is 0. The van der Waals surface area contributed by atoms with Crippen molar-refractivity contribution in [3.63, 3.8) is 0 Å². The van der Waals surface area contributed by atoms with Crippen molar-refractivity contribution in [3.05, 3.63) is 35.8 Å². The quantitative estimate of drug-likeness (QED) is 0.904. The highest BCUT2D eigenvalue weighted by Crippen LogP contribution is 2.31. The Morgan fingerprint density at radius 3 is 2.70 bits per heavy atom. The van der Waals surface area contributed by atoms with Crippen LogP contribution in [0.3, 0.4) is 0 Å². The number of nitrogens with zero attached hydrogens (tertiary/aromatic N) is 2. The molecule has 20 heavy (non-hydrogen) atoms. The van der Waals surface area contributed by atoms with E-state index in [1.54, 1.807) is 12.1 Å². The van der Waals surface area contributed by atoms with Gasteiger partial charge in [0.15, 0.2) is 0 Å². The molecule has 2 unspecified atom stereocenters. The zero-order valence-electron chi connectivity index (χ0n) is 11.1. The molecule has 3 saturated heterocycles. The van der Waals surface area contributed by atoms with Crippen LogP contribution >= 0.6 is 0 Å². The van der Waals surface area contributed by atoms with Crippen LogP contribution in [0.1, 0.15) is 11.9 Å². The second-order valence-electron chi connectivity index (χ2n) is 5.68. The van der Waals surface area contributed by atoms with E-state index in [1.165, 1.54) is 12.1 Å². The molecule has 2 bridgehead atoms. The Balaban J connectivity index is 1.64. The molecule has 1 aromatic carbocycles. The lowest BCUT2D eigenvalue weighted by molar-refractivity contribution is -0.0528. The summed E-state index contributed by atoms with van der Waals surface area (Å²) < 4.78 is 18.9. The van der Waals surface area contributed by atoms with E-state index in [0.29, 0.717) is 16.7 Å². The van der Waals surface area contributed by atoms with Gasteiger partial charge in [0.2, 0.25) is 0 Å². The lowest BCUT2D eigenvalue weighted by Crippen LogP contribution is -2.62. The van der Waals surface area contributed by atoms with E-state index in [1.807, 2.05) is 0 Å². The first-order valence-corrected chi connectivity index (χ1v) is 7.04. The molecular formula is C15H17FN2O2. The third-order valence-corrected chi connectivity index (χ3v) is 4.47. The molecule has 5 heteroatoms. The molecule has 3 aliphatic heterocycles. The molecule has 1 aromatic heterocycles. The van der Waals surface area contributed by atoms with Crippen LogP contribution in [0.25, 0.3) is 11.0 Å². The van der Waals surface area contributed by atoms with Crippen molar-refractivity contribution in [2.24, 2.45) is 0 Å². The molecular weight excluding hydrogens is 259 g/mol. The summed E-state index contributed by atoms with van der Waals surface area (Å²) in [5.41, 5.74) is 0.622. The van der Waals surface area contributed by atoms with Gasteiger partial charge in [-0.05, 0) is 24.3 Å². The minimum Gasteiger partial charge on any atom is -0.458 e. The normalized spacial score (nSPS) is 30.8. The first-order chi connectivity index (χ1) is 9.70. The molecule has 2 aromatic rings. The number of aliphatic hydroxyl groups is 1. The summed E-state index contributed by atoms with van der Waals surface area (Å²) in [6.45, 7) is 5.02. The van der Waals surface area contributed by atoms with Crippen molar-refractivity contribution in [2.75, 3.05) is 32.7 Å². The summed E-state index contributed by atoms with van der Waals surface area (Å²) in [6.07, 6.45) is -0.659. The van der Waals surface area contributed by atoms with Crippen molar-refractivity contribution in [2.45, 2.75) is 12.1 Å². The SMILES string of the molecule is OC(c1cc2cc(F)ccc2o1)C1CN2CCN1CC2. The van der Waals surface area contributed by atoms with Gasteiger partial charge in [-0.3, -0.25) is 9.80 Å². The Hall–Kier alpha value is -1.43. The fourth-order valence-corrected chi connectivity index (χ4v) is 3.33. The second-order valence-corrected chi connectivity index (χ2v) is 5.68. The second kappa shape index (κ2) is 4.55. The first-order valence-electron chi connectivity index (χ1n) is 7.04. The van der Waals surface area contributed by atoms with E-state index in [9.17, 15) is 9.50 Å². The van der Waals surface area contributed by atoms with Crippen LogP contribution < -0.4 is 0 Å². The van der Waals surface area contributed by atoms with Gasteiger partial charge in [-0.1, -0.05) is 0 Å². The molecule has 0 radical (unpaired) electrons. The number of furan rings is 1. The van der Waals surface area contributed by atoms with Crippen LogP contribution in [0, 0.1) is 5.82 Å². The Kier molecular flexibility index (Phi) is 2.80. The van der Waals surface area contributed by atoms with Gasteiger partial charge in [-0.25, -0.2) is 4.39 Å². The lowest BCUT2D eigenvalue weighted by atomic mass is 10.0. The van der Waals surface area contributed by atoms with Crippen molar-refractivity contribution >= 4 is 11.0 Å². The fraction of sp³-hybridized carbons (Fsp3) is 0.467.